The van der Waals surface area contributed by atoms with E-state index in [1.165, 1.54) is 25.7 Å². The van der Waals surface area contributed by atoms with Gasteiger partial charge >= 0.3 is 139 Å². The van der Waals surface area contributed by atoms with Gasteiger partial charge in [-0.05, 0) is 0 Å². The van der Waals surface area contributed by atoms with E-state index in [0.717, 1.165) is 18.2 Å². The van der Waals surface area contributed by atoms with Crippen LogP contribution in [-0.2, 0) is 18.8 Å². The van der Waals surface area contributed by atoms with Gasteiger partial charge in [-0.3, -0.25) is 0 Å². The molecule has 0 spiro atoms. The third-order valence-electron chi connectivity index (χ3n) is 3.05. The number of hydrogen-bond donors (Lipinski definition) is 0. The average molecular weight is 434 g/mol. The van der Waals surface area contributed by atoms with Crippen LogP contribution < -0.4 is 0 Å². The summed E-state index contributed by atoms with van der Waals surface area (Å²) in [5.74, 6) is 0. The molecule has 0 N–H and O–H groups in total. The summed E-state index contributed by atoms with van der Waals surface area (Å²) in [6.45, 7) is 11.1. The van der Waals surface area contributed by atoms with Gasteiger partial charge in [0, 0.05) is 0 Å². The Morgan fingerprint density at radius 1 is 0.850 bits per heavy atom. The molecule has 4 atom stereocenters. The molecule has 128 valence electrons. The molecule has 0 heterocycles. The molecular weight excluding hydrogens is 401 g/mol. The molecule has 0 saturated heterocycles. The van der Waals surface area contributed by atoms with Crippen molar-refractivity contribution in [3.8, 4) is 0 Å². The van der Waals surface area contributed by atoms with E-state index in [-0.39, 0.29) is 0 Å². The Bertz CT molecular complexity index is 217. The van der Waals surface area contributed by atoms with Gasteiger partial charge < -0.3 is 0 Å². The van der Waals surface area contributed by atoms with E-state index in [9.17, 15) is 0 Å². The summed E-state index contributed by atoms with van der Waals surface area (Å²) in [6.07, 6.45) is 7.85. The van der Waals surface area contributed by atoms with Gasteiger partial charge in [-0.2, -0.15) is 0 Å². The SMILES string of the molecule is CCCC(CC)O[PH][Ni]([Br])([CH2]C)[PH]OC(CC)CCC. The molecule has 0 aromatic carbocycles. The molecule has 0 bridgehead atoms. The second kappa shape index (κ2) is 13.2. The minimum atomic E-state index is -1.02. The number of rotatable bonds is 13. The number of halogens is 1. The minimum absolute atomic E-state index is 0.430. The van der Waals surface area contributed by atoms with Crippen molar-refractivity contribution in [2.45, 2.75) is 90.7 Å². The molecule has 0 aliphatic rings. The van der Waals surface area contributed by atoms with Gasteiger partial charge in [0.25, 0.3) is 0 Å². The first-order valence-corrected chi connectivity index (χ1v) is 15.3. The van der Waals surface area contributed by atoms with Crippen LogP contribution in [0.15, 0.2) is 0 Å². The predicted molar refractivity (Wildman–Crippen MR) is 96.2 cm³/mol. The van der Waals surface area contributed by atoms with Gasteiger partial charge in [0.1, 0.15) is 0 Å². The summed E-state index contributed by atoms with van der Waals surface area (Å²) in [6, 6.07) is 0. The first kappa shape index (κ1) is 21.8. The van der Waals surface area contributed by atoms with Crippen molar-refractivity contribution >= 4 is 29.4 Å². The molecule has 2 nitrogen and oxygen atoms in total. The molecule has 0 rings (SSSR count). The molecule has 0 radical (unpaired) electrons. The summed E-state index contributed by atoms with van der Waals surface area (Å²) in [4.78, 5) is 0. The summed E-state index contributed by atoms with van der Waals surface area (Å²) in [5, 5.41) is 1.14. The van der Waals surface area contributed by atoms with Crippen LogP contribution in [0.3, 0.4) is 0 Å². The van der Waals surface area contributed by atoms with Crippen molar-refractivity contribution in [1.82, 2.24) is 0 Å². The van der Waals surface area contributed by atoms with Gasteiger partial charge in [0.05, 0.1) is 0 Å². The van der Waals surface area contributed by atoms with Gasteiger partial charge in [-0.15, -0.1) is 0 Å². The zero-order valence-corrected chi connectivity index (χ0v) is 18.2. The predicted octanol–water partition coefficient (Wildman–Crippen LogP) is 7.10. The Kier molecular flexibility index (Phi) is 14.4. The van der Waals surface area contributed by atoms with E-state index in [0.29, 0.717) is 27.4 Å². The molecule has 0 aromatic heterocycles. The molecule has 20 heavy (non-hydrogen) atoms. The molecule has 0 fully saturated rings. The van der Waals surface area contributed by atoms with Crippen LogP contribution in [0.4, 0.5) is 0 Å². The first-order chi connectivity index (χ1) is 9.55. The Balaban J connectivity index is 4.23. The average Bonchev–Trinajstić information content (AvgIpc) is 2.47. The third-order valence-corrected chi connectivity index (χ3v) is 15.3. The van der Waals surface area contributed by atoms with Crippen molar-refractivity contribution in [2.24, 2.45) is 0 Å². The fraction of sp³-hybridized carbons (Fsp3) is 1.00. The van der Waals surface area contributed by atoms with E-state index in [1.54, 1.807) is 0 Å². The van der Waals surface area contributed by atoms with E-state index in [1.807, 2.05) is 0 Å². The Labute approximate surface area is 138 Å². The molecular formula is C14H33BrNiO2P2. The van der Waals surface area contributed by atoms with Crippen LogP contribution in [-0.4, -0.2) is 12.2 Å². The van der Waals surface area contributed by atoms with Crippen LogP contribution in [0.2, 0.25) is 5.39 Å². The summed E-state index contributed by atoms with van der Waals surface area (Å²) < 4.78 is 12.3. The standard InChI is InChI=1S/2C6H14OP.C2H5.BrH.Ni/c2*1-3-5-6(4-2)7-8;1-2;;/h2*6,8H,3-5H2,1-2H3;1H2,2H3;1H;/q2*-1;;;+3/p-1. The normalized spacial score (nSPS) is 20.5. The van der Waals surface area contributed by atoms with E-state index in [2.05, 4.69) is 48.8 Å². The molecule has 0 amide bonds. The van der Waals surface area contributed by atoms with E-state index >= 15 is 0 Å². The Hall–Kier alpha value is 1.75. The quantitative estimate of drug-likeness (QED) is 0.228. The first-order valence-electron chi connectivity index (χ1n) is 7.71. The monoisotopic (exact) mass is 432 g/mol. The van der Waals surface area contributed by atoms with E-state index in [4.69, 9.17) is 9.05 Å². The molecule has 6 heteroatoms. The summed E-state index contributed by atoms with van der Waals surface area (Å²) >= 11 is 3.97. The zero-order valence-electron chi connectivity index (χ0n) is 13.6. The summed E-state index contributed by atoms with van der Waals surface area (Å²) in [5.41, 5.74) is 0. The molecule has 0 aliphatic carbocycles. The summed E-state index contributed by atoms with van der Waals surface area (Å²) in [7, 11) is 0.132. The fourth-order valence-electron chi connectivity index (χ4n) is 1.66. The Morgan fingerprint density at radius 3 is 1.50 bits per heavy atom. The van der Waals surface area contributed by atoms with Gasteiger partial charge in [0.15, 0.2) is 0 Å². The van der Waals surface area contributed by atoms with Crippen LogP contribution in [0, 0.1) is 0 Å². The second-order valence-corrected chi connectivity index (χ2v) is 22.1. The molecule has 4 unspecified atom stereocenters. The van der Waals surface area contributed by atoms with Crippen molar-refractivity contribution in [3.05, 3.63) is 0 Å². The molecule has 0 saturated carbocycles. The second-order valence-electron chi connectivity index (χ2n) is 4.73. The van der Waals surface area contributed by atoms with Crippen LogP contribution in [0.5, 0.6) is 0 Å². The van der Waals surface area contributed by atoms with Crippen LogP contribution in [0.25, 0.3) is 0 Å². The maximum absolute atomic E-state index is 6.16. The van der Waals surface area contributed by atoms with E-state index < -0.39 is 9.75 Å². The third kappa shape index (κ3) is 9.71. The van der Waals surface area contributed by atoms with Crippen LogP contribution in [0.1, 0.15) is 73.1 Å². The fourth-order valence-corrected chi connectivity index (χ4v) is 8.67. The van der Waals surface area contributed by atoms with Crippen molar-refractivity contribution in [3.63, 3.8) is 0 Å². The molecule has 0 aliphatic heterocycles. The van der Waals surface area contributed by atoms with Gasteiger partial charge in [-0.25, -0.2) is 0 Å². The van der Waals surface area contributed by atoms with Crippen molar-refractivity contribution < 1.29 is 18.8 Å². The van der Waals surface area contributed by atoms with Crippen molar-refractivity contribution in [2.75, 3.05) is 0 Å². The molecule has 0 aromatic rings. The topological polar surface area (TPSA) is 18.5 Å². The van der Waals surface area contributed by atoms with Crippen LogP contribution >= 0.6 is 29.4 Å². The van der Waals surface area contributed by atoms with Gasteiger partial charge in [-0.1, -0.05) is 0 Å². The maximum atomic E-state index is 6.16. The zero-order chi connectivity index (χ0) is 15.4. The van der Waals surface area contributed by atoms with Gasteiger partial charge in [0.2, 0.25) is 0 Å². The Morgan fingerprint density at radius 2 is 1.25 bits per heavy atom. The number of hydrogen-bond acceptors (Lipinski definition) is 2. The van der Waals surface area contributed by atoms with Crippen molar-refractivity contribution in [1.29, 1.82) is 0 Å².